The number of phosphoric acid groups is 1. The fourth-order valence-corrected chi connectivity index (χ4v) is 6.32. The lowest BCUT2D eigenvalue weighted by atomic mass is 10.0. The molecule has 0 aliphatic heterocycles. The maximum Gasteiger partial charge on any atom is 0.306 e. The van der Waals surface area contributed by atoms with Crippen molar-refractivity contribution in [3.8, 4) is 0 Å². The predicted octanol–water partition coefficient (Wildman–Crippen LogP) is 13.0. The first-order valence-electron chi connectivity index (χ1n) is 22.4. The zero-order chi connectivity index (χ0) is 42.0. The number of unbranched alkanes of at least 4 members (excludes halogenated alkanes) is 14. The zero-order valence-corrected chi connectivity index (χ0v) is 37.9. The number of esters is 1. The summed E-state index contributed by atoms with van der Waals surface area (Å²) in [5, 5.41) is 0. The van der Waals surface area contributed by atoms with Crippen LogP contribution in [0.3, 0.4) is 0 Å². The van der Waals surface area contributed by atoms with Gasteiger partial charge in [0.1, 0.15) is 19.8 Å². The highest BCUT2D eigenvalue weighted by atomic mass is 31.2. The van der Waals surface area contributed by atoms with E-state index in [0.29, 0.717) is 17.4 Å². The van der Waals surface area contributed by atoms with Crippen molar-refractivity contribution < 1.29 is 37.3 Å². The van der Waals surface area contributed by atoms with E-state index in [0.717, 1.165) is 51.4 Å². The van der Waals surface area contributed by atoms with Crippen LogP contribution in [0.15, 0.2) is 85.3 Å². The van der Waals surface area contributed by atoms with Gasteiger partial charge in [-0.25, -0.2) is 0 Å². The molecule has 0 amide bonds. The summed E-state index contributed by atoms with van der Waals surface area (Å²) < 4.78 is 34.2. The summed E-state index contributed by atoms with van der Waals surface area (Å²) in [6.07, 6.45) is 54.2. The van der Waals surface area contributed by atoms with E-state index in [4.69, 9.17) is 18.5 Å². The molecule has 0 N–H and O–H groups in total. The van der Waals surface area contributed by atoms with Gasteiger partial charge in [0.05, 0.1) is 34.0 Å². The molecule has 2 atom stereocenters. The number of likely N-dealkylation sites (N-methyl/N-ethyl adjacent to an activating group) is 1. The van der Waals surface area contributed by atoms with Gasteiger partial charge in [-0.05, 0) is 63.9 Å². The second-order valence-corrected chi connectivity index (χ2v) is 17.2. The molecule has 0 aromatic rings. The summed E-state index contributed by atoms with van der Waals surface area (Å²) in [4.78, 5) is 25.0. The lowest BCUT2D eigenvalue weighted by Crippen LogP contribution is -2.37. The van der Waals surface area contributed by atoms with Crippen molar-refractivity contribution in [1.82, 2.24) is 0 Å². The summed E-state index contributed by atoms with van der Waals surface area (Å²) in [6, 6.07) is 0. The molecule has 328 valence electrons. The maximum absolute atomic E-state index is 12.6. The zero-order valence-electron chi connectivity index (χ0n) is 37.0. The molecule has 0 rings (SSSR count). The van der Waals surface area contributed by atoms with E-state index in [9.17, 15) is 14.3 Å². The summed E-state index contributed by atoms with van der Waals surface area (Å²) in [5.41, 5.74) is 0. The number of carbonyl (C=O) groups excluding carboxylic acids is 1. The highest BCUT2D eigenvalue weighted by molar-refractivity contribution is 7.45. The van der Waals surface area contributed by atoms with Crippen molar-refractivity contribution in [3.63, 3.8) is 0 Å². The van der Waals surface area contributed by atoms with Crippen LogP contribution in [0.2, 0.25) is 0 Å². The lowest BCUT2D eigenvalue weighted by molar-refractivity contribution is -0.870. The Morgan fingerprint density at radius 1 is 0.579 bits per heavy atom. The Kier molecular flexibility index (Phi) is 38.6. The van der Waals surface area contributed by atoms with E-state index in [2.05, 4.69) is 74.6 Å². The Morgan fingerprint density at radius 2 is 1.04 bits per heavy atom. The quantitative estimate of drug-likeness (QED) is 0.0152. The van der Waals surface area contributed by atoms with Crippen molar-refractivity contribution >= 4 is 13.8 Å². The molecular formula is C48H84NO7P. The van der Waals surface area contributed by atoms with Crippen LogP contribution in [-0.4, -0.2) is 64.1 Å². The molecule has 0 spiro atoms. The monoisotopic (exact) mass is 818 g/mol. The molecular weight excluding hydrogens is 734 g/mol. The molecule has 0 aliphatic carbocycles. The number of phosphoric ester groups is 1. The van der Waals surface area contributed by atoms with Gasteiger partial charge in [-0.2, -0.15) is 0 Å². The summed E-state index contributed by atoms with van der Waals surface area (Å²) in [6.45, 7) is 4.52. The Balaban J connectivity index is 4.43. The van der Waals surface area contributed by atoms with Crippen LogP contribution in [-0.2, 0) is 27.9 Å². The van der Waals surface area contributed by atoms with Gasteiger partial charge in [0.25, 0.3) is 7.82 Å². The summed E-state index contributed by atoms with van der Waals surface area (Å²) in [7, 11) is 1.27. The molecule has 0 aromatic carbocycles. The van der Waals surface area contributed by atoms with Crippen molar-refractivity contribution in [2.45, 2.75) is 168 Å². The van der Waals surface area contributed by atoms with Gasteiger partial charge < -0.3 is 27.9 Å². The first kappa shape index (κ1) is 54.5. The fraction of sp³-hybridized carbons (Fsp3) is 0.688. The number of rotatable bonds is 40. The first-order valence-corrected chi connectivity index (χ1v) is 23.8. The van der Waals surface area contributed by atoms with E-state index < -0.39 is 19.9 Å². The third-order valence-electron chi connectivity index (χ3n) is 9.04. The van der Waals surface area contributed by atoms with Gasteiger partial charge in [0, 0.05) is 6.42 Å². The van der Waals surface area contributed by atoms with E-state index in [1.54, 1.807) is 6.26 Å². The molecule has 0 heterocycles. The number of allylic oxidation sites excluding steroid dienone is 13. The van der Waals surface area contributed by atoms with Crippen molar-refractivity contribution in [1.29, 1.82) is 0 Å². The standard InChI is InChI=1S/C48H84NO7P/c1-6-8-10-12-14-16-18-20-22-24-25-26-27-29-31-33-35-37-39-41-48(50)56-47(46-55-57(51,52)54-44-42-49(3,4)5)45-53-43-40-38-36-34-32-30-28-23-21-19-17-15-13-11-9-7-2/h8,10,14,16,20,22,25-26,29,31,35,37,40,43,47H,6-7,9,11-13,15,17-19,21,23-24,27-28,30,32-34,36,38-39,41-42,44-46H2,1-5H3/b10-8-,16-14-,22-20-,26-25-,31-29-,37-35-,43-40-/t47-/m1/s1. The molecule has 0 saturated carbocycles. The second-order valence-electron chi connectivity index (χ2n) is 15.7. The van der Waals surface area contributed by atoms with Crippen LogP contribution in [0, 0.1) is 0 Å². The first-order chi connectivity index (χ1) is 27.6. The number of nitrogens with zero attached hydrogens (tertiary/aromatic N) is 1. The van der Waals surface area contributed by atoms with Gasteiger partial charge in [0.2, 0.25) is 0 Å². The maximum atomic E-state index is 12.6. The SMILES string of the molecule is CC/C=C\C/C=C\C/C=C\C/C=C\C/C=C\C/C=C\CCC(=O)O[C@H](CO/C=C\CCCCCCCCCCCCCCCC)COP(=O)([O-])OCC[N+](C)(C)C. The Hall–Kier alpha value is -2.48. The molecule has 57 heavy (non-hydrogen) atoms. The van der Waals surface area contributed by atoms with Crippen molar-refractivity contribution in [2.75, 3.05) is 47.5 Å². The van der Waals surface area contributed by atoms with Gasteiger partial charge in [0.15, 0.2) is 6.10 Å². The van der Waals surface area contributed by atoms with Crippen molar-refractivity contribution in [2.24, 2.45) is 0 Å². The van der Waals surface area contributed by atoms with E-state index in [1.165, 1.54) is 83.5 Å². The van der Waals surface area contributed by atoms with Crippen LogP contribution in [0.25, 0.3) is 0 Å². The topological polar surface area (TPSA) is 94.1 Å². The minimum Gasteiger partial charge on any atom is -0.756 e. The fourth-order valence-electron chi connectivity index (χ4n) is 5.60. The highest BCUT2D eigenvalue weighted by Gasteiger charge is 2.20. The third kappa shape index (κ3) is 44.5. The molecule has 0 fully saturated rings. The molecule has 0 bridgehead atoms. The van der Waals surface area contributed by atoms with Crippen LogP contribution in [0.4, 0.5) is 0 Å². The van der Waals surface area contributed by atoms with Crippen molar-refractivity contribution in [3.05, 3.63) is 85.3 Å². The average Bonchev–Trinajstić information content (AvgIpc) is 3.16. The Bertz CT molecular complexity index is 1180. The van der Waals surface area contributed by atoms with Gasteiger partial charge >= 0.3 is 5.97 Å². The van der Waals surface area contributed by atoms with Crippen LogP contribution in [0.5, 0.6) is 0 Å². The predicted molar refractivity (Wildman–Crippen MR) is 240 cm³/mol. The Labute approximate surface area is 350 Å². The molecule has 0 radical (unpaired) electrons. The van der Waals surface area contributed by atoms with E-state index in [1.807, 2.05) is 39.4 Å². The third-order valence-corrected chi connectivity index (χ3v) is 10.0. The number of carbonyl (C=O) groups is 1. The molecule has 0 saturated heterocycles. The molecule has 9 heteroatoms. The van der Waals surface area contributed by atoms with Gasteiger partial charge in [-0.1, -0.05) is 170 Å². The molecule has 0 aliphatic rings. The van der Waals surface area contributed by atoms with Crippen LogP contribution >= 0.6 is 7.82 Å². The number of hydrogen-bond donors (Lipinski definition) is 0. The normalized spacial score (nSPS) is 14.5. The molecule has 1 unspecified atom stereocenters. The summed E-state index contributed by atoms with van der Waals surface area (Å²) >= 11 is 0. The largest absolute Gasteiger partial charge is 0.756 e. The van der Waals surface area contributed by atoms with Gasteiger partial charge in [-0.15, -0.1) is 0 Å². The summed E-state index contributed by atoms with van der Waals surface area (Å²) in [5.74, 6) is -0.440. The second kappa shape index (κ2) is 40.3. The minimum atomic E-state index is -4.57. The van der Waals surface area contributed by atoms with Crippen LogP contribution < -0.4 is 4.89 Å². The Morgan fingerprint density at radius 3 is 1.51 bits per heavy atom. The van der Waals surface area contributed by atoms with Crippen LogP contribution in [0.1, 0.15) is 162 Å². The smallest absolute Gasteiger partial charge is 0.306 e. The number of quaternary nitrogens is 1. The van der Waals surface area contributed by atoms with Gasteiger partial charge in [-0.3, -0.25) is 9.36 Å². The lowest BCUT2D eigenvalue weighted by Gasteiger charge is -2.28. The number of hydrogen-bond acceptors (Lipinski definition) is 7. The molecule has 0 aromatic heterocycles. The highest BCUT2D eigenvalue weighted by Crippen LogP contribution is 2.38. The molecule has 8 nitrogen and oxygen atoms in total. The average molecular weight is 818 g/mol. The number of ether oxygens (including phenoxy) is 2. The van der Waals surface area contributed by atoms with E-state index in [-0.39, 0.29) is 26.2 Å². The van der Waals surface area contributed by atoms with E-state index >= 15 is 0 Å². The minimum absolute atomic E-state index is 0.000812.